The minimum Gasteiger partial charge on any atom is -0.462 e. The van der Waals surface area contributed by atoms with Crippen molar-refractivity contribution in [3.63, 3.8) is 0 Å². The van der Waals surface area contributed by atoms with Crippen molar-refractivity contribution in [2.75, 3.05) is 39.3 Å². The second kappa shape index (κ2) is 17.9. The summed E-state index contributed by atoms with van der Waals surface area (Å²) in [5.74, 6) is 0.415. The molecule has 0 aromatic rings. The van der Waals surface area contributed by atoms with E-state index in [2.05, 4.69) is 64.4 Å². The van der Waals surface area contributed by atoms with E-state index in [0.29, 0.717) is 24.8 Å². The van der Waals surface area contributed by atoms with Crippen LogP contribution >= 0.6 is 0 Å². The highest BCUT2D eigenvalue weighted by Gasteiger charge is 2.73. The summed E-state index contributed by atoms with van der Waals surface area (Å²) in [4.78, 5) is 27.0. The Morgan fingerprint density at radius 3 is 2.12 bits per heavy atom. The topological polar surface area (TPSA) is 146 Å². The zero-order valence-corrected chi connectivity index (χ0v) is 33.8. The first kappa shape index (κ1) is 42.5. The predicted octanol–water partition coefficient (Wildman–Crippen LogP) is 5.80. The zero-order chi connectivity index (χ0) is 37.6. The molecule has 0 aromatic carbocycles. The Morgan fingerprint density at radius 2 is 1.49 bits per heavy atom. The van der Waals surface area contributed by atoms with Crippen LogP contribution < -0.4 is 21.7 Å². The standard InChI is InChI=1S/C42H78N4O5/c1-28(2)14-11-15-30(38(50)46-25-13-24-45-22-10-9-21-44-23-12-20-43)36-31-26-32(48)37-40(6)18-17-35(49)39(4,5)34(40)16-19-41(37,7)42(31,8)27-33(36)51-29(3)47/h28,30-37,44-45,48-49H,9-27,43H2,1-8H3,(H,46,50)/t30-,31?,32+,33-,34?,35+,36-,37?,40-,41-,42?/m0/s1. The SMILES string of the molecule is CC(=O)O[C@H]1CC2(C)C(C[C@@H](O)C3[C@@]4(C)CC[C@@H](O)C(C)(C)C4CC[C@@]32C)[C@@H]1[C@H](CCCC(C)C)C(=O)NCCCNCCCCNCCCN. The summed E-state index contributed by atoms with van der Waals surface area (Å²) in [6, 6.07) is 0. The summed E-state index contributed by atoms with van der Waals surface area (Å²) in [6.07, 6.45) is 10.7. The summed E-state index contributed by atoms with van der Waals surface area (Å²) in [5.41, 5.74) is 4.87. The number of aliphatic hydroxyl groups is 2. The molecule has 296 valence electrons. The molecule has 0 radical (unpaired) electrons. The molecule has 4 fully saturated rings. The van der Waals surface area contributed by atoms with Crippen molar-refractivity contribution >= 4 is 11.9 Å². The molecule has 1 amide bonds. The quantitative estimate of drug-likeness (QED) is 0.0726. The van der Waals surface area contributed by atoms with Crippen LogP contribution in [0.2, 0.25) is 0 Å². The van der Waals surface area contributed by atoms with Gasteiger partial charge in [0.1, 0.15) is 6.10 Å². The Labute approximate surface area is 311 Å². The molecule has 0 spiro atoms. The van der Waals surface area contributed by atoms with E-state index < -0.39 is 6.10 Å². The number of unbranched alkanes of at least 4 members (excludes halogenated alkanes) is 1. The van der Waals surface area contributed by atoms with Gasteiger partial charge in [-0.3, -0.25) is 9.59 Å². The maximum absolute atomic E-state index is 14.3. The first-order chi connectivity index (χ1) is 24.0. The number of ether oxygens (including phenoxy) is 1. The third-order valence-corrected chi connectivity index (χ3v) is 15.1. The molecular formula is C42H78N4O5. The van der Waals surface area contributed by atoms with E-state index in [1.165, 1.54) is 6.92 Å². The average Bonchev–Trinajstić information content (AvgIpc) is 3.32. The fourth-order valence-corrected chi connectivity index (χ4v) is 12.5. The monoisotopic (exact) mass is 719 g/mol. The summed E-state index contributed by atoms with van der Waals surface area (Å²) >= 11 is 0. The molecule has 4 aliphatic carbocycles. The number of aliphatic hydroxyl groups excluding tert-OH is 2. The molecule has 9 nitrogen and oxygen atoms in total. The number of hydrogen-bond acceptors (Lipinski definition) is 8. The molecule has 11 atom stereocenters. The molecule has 51 heavy (non-hydrogen) atoms. The van der Waals surface area contributed by atoms with Gasteiger partial charge in [0.15, 0.2) is 0 Å². The molecule has 9 heteroatoms. The minimum atomic E-state index is -0.502. The second-order valence-corrected chi connectivity index (χ2v) is 19.0. The van der Waals surface area contributed by atoms with Gasteiger partial charge >= 0.3 is 5.97 Å². The smallest absolute Gasteiger partial charge is 0.302 e. The lowest BCUT2D eigenvalue weighted by molar-refractivity contribution is -0.253. The maximum atomic E-state index is 14.3. The minimum absolute atomic E-state index is 0.0710. The van der Waals surface area contributed by atoms with Crippen molar-refractivity contribution in [1.82, 2.24) is 16.0 Å². The fourth-order valence-electron chi connectivity index (χ4n) is 12.5. The van der Waals surface area contributed by atoms with E-state index in [1.54, 1.807) is 0 Å². The lowest BCUT2D eigenvalue weighted by Gasteiger charge is -2.70. The summed E-state index contributed by atoms with van der Waals surface area (Å²) in [5, 5.41) is 33.7. The van der Waals surface area contributed by atoms with Gasteiger partial charge in [-0.15, -0.1) is 0 Å². The predicted molar refractivity (Wildman–Crippen MR) is 206 cm³/mol. The number of carbonyl (C=O) groups excluding carboxylic acids is 2. The van der Waals surface area contributed by atoms with Gasteiger partial charge < -0.3 is 36.6 Å². The molecule has 0 bridgehead atoms. The van der Waals surface area contributed by atoms with Gasteiger partial charge in [-0.1, -0.05) is 61.3 Å². The molecular weight excluding hydrogens is 640 g/mol. The number of hydrogen-bond donors (Lipinski definition) is 6. The Hall–Kier alpha value is -1.26. The number of rotatable bonds is 19. The van der Waals surface area contributed by atoms with Crippen LogP contribution in [0.5, 0.6) is 0 Å². The zero-order valence-electron chi connectivity index (χ0n) is 33.8. The van der Waals surface area contributed by atoms with Crippen LogP contribution in [0.4, 0.5) is 0 Å². The number of nitrogens with one attached hydrogen (secondary N) is 3. The van der Waals surface area contributed by atoms with E-state index in [-0.39, 0.29) is 69.4 Å². The molecule has 4 aliphatic rings. The number of carbonyl (C=O) groups is 2. The lowest BCUT2D eigenvalue weighted by atomic mass is 9.35. The van der Waals surface area contributed by atoms with Gasteiger partial charge in [-0.05, 0) is 149 Å². The highest BCUT2D eigenvalue weighted by Crippen LogP contribution is 2.75. The van der Waals surface area contributed by atoms with Crippen molar-refractivity contribution in [3.05, 3.63) is 0 Å². The Kier molecular flexibility index (Phi) is 14.9. The normalized spacial score (nSPS) is 37.7. The first-order valence-electron chi connectivity index (χ1n) is 21.0. The Morgan fingerprint density at radius 1 is 0.843 bits per heavy atom. The number of nitrogens with two attached hydrogens (primary N) is 1. The molecule has 4 rings (SSSR count). The van der Waals surface area contributed by atoms with Gasteiger partial charge in [0.05, 0.1) is 12.2 Å². The molecule has 0 aliphatic heterocycles. The number of amides is 1. The van der Waals surface area contributed by atoms with Gasteiger partial charge in [-0.25, -0.2) is 0 Å². The van der Waals surface area contributed by atoms with Gasteiger partial charge in [0.25, 0.3) is 0 Å². The third-order valence-electron chi connectivity index (χ3n) is 15.1. The summed E-state index contributed by atoms with van der Waals surface area (Å²) in [6.45, 7) is 22.8. The van der Waals surface area contributed by atoms with E-state index in [1.807, 2.05) is 0 Å². The van der Waals surface area contributed by atoms with Crippen LogP contribution in [0, 0.1) is 57.2 Å². The van der Waals surface area contributed by atoms with Gasteiger partial charge in [0.2, 0.25) is 5.91 Å². The molecule has 4 saturated carbocycles. The Balaban J connectivity index is 1.50. The van der Waals surface area contributed by atoms with Gasteiger partial charge in [-0.2, -0.15) is 0 Å². The van der Waals surface area contributed by atoms with E-state index in [0.717, 1.165) is 110 Å². The fraction of sp³-hybridized carbons (Fsp3) is 0.952. The third kappa shape index (κ3) is 9.01. The van der Waals surface area contributed by atoms with Crippen molar-refractivity contribution in [2.24, 2.45) is 62.9 Å². The highest BCUT2D eigenvalue weighted by atomic mass is 16.5. The molecule has 4 unspecified atom stereocenters. The number of esters is 1. The van der Waals surface area contributed by atoms with Crippen molar-refractivity contribution < 1.29 is 24.5 Å². The van der Waals surface area contributed by atoms with Crippen LogP contribution in [0.25, 0.3) is 0 Å². The summed E-state index contributed by atoms with van der Waals surface area (Å²) in [7, 11) is 0. The van der Waals surface area contributed by atoms with E-state index in [4.69, 9.17) is 10.5 Å². The second-order valence-electron chi connectivity index (χ2n) is 19.0. The highest BCUT2D eigenvalue weighted by molar-refractivity contribution is 5.79. The van der Waals surface area contributed by atoms with E-state index in [9.17, 15) is 19.8 Å². The van der Waals surface area contributed by atoms with Crippen LogP contribution in [-0.2, 0) is 14.3 Å². The van der Waals surface area contributed by atoms with Crippen molar-refractivity contribution in [1.29, 1.82) is 0 Å². The van der Waals surface area contributed by atoms with Crippen LogP contribution in [0.3, 0.4) is 0 Å². The molecule has 0 heterocycles. The van der Waals surface area contributed by atoms with Crippen LogP contribution in [0.1, 0.15) is 139 Å². The maximum Gasteiger partial charge on any atom is 0.302 e. The molecule has 0 saturated heterocycles. The summed E-state index contributed by atoms with van der Waals surface area (Å²) < 4.78 is 6.24. The first-order valence-corrected chi connectivity index (χ1v) is 21.0. The molecule has 7 N–H and O–H groups in total. The Bertz CT molecular complexity index is 1130. The van der Waals surface area contributed by atoms with Crippen LogP contribution in [0.15, 0.2) is 0 Å². The number of fused-ring (bicyclic) bond motifs is 5. The van der Waals surface area contributed by atoms with Crippen molar-refractivity contribution in [2.45, 2.75) is 157 Å². The van der Waals surface area contributed by atoms with Crippen LogP contribution in [-0.4, -0.2) is 79.7 Å². The average molecular weight is 719 g/mol. The molecule has 0 aromatic heterocycles. The lowest BCUT2D eigenvalue weighted by Crippen LogP contribution is -2.67. The van der Waals surface area contributed by atoms with Crippen molar-refractivity contribution in [3.8, 4) is 0 Å². The van der Waals surface area contributed by atoms with Gasteiger partial charge in [0, 0.05) is 25.3 Å². The largest absolute Gasteiger partial charge is 0.462 e. The van der Waals surface area contributed by atoms with E-state index >= 15 is 0 Å².